The average molecular weight is 578 g/mol. The molecule has 10 nitrogen and oxygen atoms in total. The zero-order valence-corrected chi connectivity index (χ0v) is 22.9. The molecule has 0 radical (unpaired) electrons. The van der Waals surface area contributed by atoms with Crippen molar-refractivity contribution < 1.29 is 27.8 Å². The van der Waals surface area contributed by atoms with E-state index in [0.717, 1.165) is 23.4 Å². The summed E-state index contributed by atoms with van der Waals surface area (Å²) in [7, 11) is 4.76. The fourth-order valence-electron chi connectivity index (χ4n) is 4.12. The van der Waals surface area contributed by atoms with Gasteiger partial charge in [-0.2, -0.15) is 18.3 Å². The van der Waals surface area contributed by atoms with E-state index >= 15 is 0 Å². The molecule has 2 aromatic heterocycles. The third-order valence-corrected chi connectivity index (χ3v) is 6.65. The van der Waals surface area contributed by atoms with Gasteiger partial charge in [0.05, 0.1) is 48.1 Å². The first kappa shape index (κ1) is 29.1. The summed E-state index contributed by atoms with van der Waals surface area (Å²) in [6, 6.07) is 6.18. The Morgan fingerprint density at radius 2 is 2.00 bits per heavy atom. The van der Waals surface area contributed by atoms with Gasteiger partial charge in [0.2, 0.25) is 0 Å². The van der Waals surface area contributed by atoms with Crippen LogP contribution in [0.2, 0.25) is 5.02 Å². The van der Waals surface area contributed by atoms with E-state index < -0.39 is 17.6 Å². The highest BCUT2D eigenvalue weighted by molar-refractivity contribution is 6.32. The number of carbonyl (C=O) groups excluding carboxylic acids is 1. The number of halogens is 4. The molecule has 0 spiro atoms. The normalized spacial score (nSPS) is 11.8. The summed E-state index contributed by atoms with van der Waals surface area (Å²) in [5.41, 5.74) is 1.75. The predicted octanol–water partition coefficient (Wildman–Crippen LogP) is 4.33. The van der Waals surface area contributed by atoms with Crippen molar-refractivity contribution in [3.63, 3.8) is 0 Å². The molecule has 0 saturated heterocycles. The zero-order chi connectivity index (χ0) is 29.2. The standard InChI is InChI=1S/C26H27ClF3N7O3/c1-15-19(12-31-36(15)3)22-14-37(34-33-22)23-10-16(5-6-20(23)27)25(39)32-21-11-18(26(28,29)30)9-17(24(21)40-4)13-35(2)7-8-38/h5-6,9-12,14,38H,7-8,13H2,1-4H3,(H,32,39). The van der Waals surface area contributed by atoms with E-state index in [1.807, 2.05) is 6.92 Å². The van der Waals surface area contributed by atoms with Gasteiger partial charge in [0.1, 0.15) is 11.4 Å². The Labute approximate surface area is 232 Å². The van der Waals surface area contributed by atoms with E-state index in [0.29, 0.717) is 11.4 Å². The molecule has 0 aliphatic heterocycles. The van der Waals surface area contributed by atoms with E-state index in [1.165, 1.54) is 30.0 Å². The largest absolute Gasteiger partial charge is 0.494 e. The highest BCUT2D eigenvalue weighted by Crippen LogP contribution is 2.38. The fourth-order valence-corrected chi connectivity index (χ4v) is 4.33. The minimum absolute atomic E-state index is 0.0483. The van der Waals surface area contributed by atoms with Crippen molar-refractivity contribution >= 4 is 23.2 Å². The van der Waals surface area contributed by atoms with Crippen LogP contribution in [0.5, 0.6) is 5.75 Å². The van der Waals surface area contributed by atoms with Gasteiger partial charge >= 0.3 is 6.18 Å². The van der Waals surface area contributed by atoms with Crippen LogP contribution in [0.25, 0.3) is 16.9 Å². The van der Waals surface area contributed by atoms with Crippen molar-refractivity contribution in [2.24, 2.45) is 7.05 Å². The molecule has 0 unspecified atom stereocenters. The van der Waals surface area contributed by atoms with Gasteiger partial charge in [-0.15, -0.1) is 5.10 Å². The molecule has 0 aliphatic carbocycles. The Balaban J connectivity index is 1.68. The molecule has 2 N–H and O–H groups in total. The third-order valence-electron chi connectivity index (χ3n) is 6.33. The Morgan fingerprint density at radius 3 is 2.62 bits per heavy atom. The Hall–Kier alpha value is -3.94. The highest BCUT2D eigenvalue weighted by atomic mass is 35.5. The molecule has 212 valence electrons. The minimum Gasteiger partial charge on any atom is -0.494 e. The molecule has 14 heteroatoms. The maximum atomic E-state index is 13.7. The van der Waals surface area contributed by atoms with Gasteiger partial charge in [-0.1, -0.05) is 16.8 Å². The minimum atomic E-state index is -4.67. The van der Waals surface area contributed by atoms with Gasteiger partial charge in [-0.3, -0.25) is 14.4 Å². The SMILES string of the molecule is COc1c(CN(C)CCO)cc(C(F)(F)F)cc1NC(=O)c1ccc(Cl)c(-n2cc(-c3cnn(C)c3C)nn2)c1. The van der Waals surface area contributed by atoms with Crippen LogP contribution in [-0.4, -0.2) is 68.0 Å². The molecule has 2 heterocycles. The molecule has 40 heavy (non-hydrogen) atoms. The number of alkyl halides is 3. The number of aryl methyl sites for hydroxylation is 1. The van der Waals surface area contributed by atoms with Crippen molar-refractivity contribution in [1.82, 2.24) is 29.7 Å². The quantitative estimate of drug-likeness (QED) is 0.305. The van der Waals surface area contributed by atoms with Gasteiger partial charge in [0, 0.05) is 42.5 Å². The average Bonchev–Trinajstić information content (AvgIpc) is 3.50. The number of benzene rings is 2. The second-order valence-electron chi connectivity index (χ2n) is 9.11. The summed E-state index contributed by atoms with van der Waals surface area (Å²) in [5, 5.41) is 24.5. The number of ether oxygens (including phenoxy) is 1. The van der Waals surface area contributed by atoms with Crippen molar-refractivity contribution in [1.29, 1.82) is 0 Å². The fraction of sp³-hybridized carbons (Fsp3) is 0.308. The van der Waals surface area contributed by atoms with Crippen molar-refractivity contribution in [3.05, 3.63) is 70.1 Å². The summed E-state index contributed by atoms with van der Waals surface area (Å²) in [6.07, 6.45) is -1.37. The van der Waals surface area contributed by atoms with Crippen LogP contribution in [0.3, 0.4) is 0 Å². The number of anilines is 1. The summed E-state index contributed by atoms with van der Waals surface area (Å²) in [5.74, 6) is -0.610. The monoisotopic (exact) mass is 577 g/mol. The molecule has 1 amide bonds. The number of hydrogen-bond acceptors (Lipinski definition) is 7. The van der Waals surface area contributed by atoms with Crippen molar-refractivity contribution in [2.75, 3.05) is 32.6 Å². The van der Waals surface area contributed by atoms with E-state index in [9.17, 15) is 23.1 Å². The second kappa shape index (κ2) is 11.7. The Kier molecular flexibility index (Phi) is 8.47. The first-order valence-corrected chi connectivity index (χ1v) is 12.4. The number of amides is 1. The smallest absolute Gasteiger partial charge is 0.416 e. The number of carbonyl (C=O) groups is 1. The Bertz CT molecular complexity index is 1530. The maximum Gasteiger partial charge on any atom is 0.416 e. The lowest BCUT2D eigenvalue weighted by Gasteiger charge is -2.21. The number of aliphatic hydroxyl groups excluding tert-OH is 1. The van der Waals surface area contributed by atoms with Gasteiger partial charge < -0.3 is 15.2 Å². The summed E-state index contributed by atoms with van der Waals surface area (Å²) >= 11 is 6.40. The molecule has 4 rings (SSSR count). The highest BCUT2D eigenvalue weighted by Gasteiger charge is 2.33. The molecular weight excluding hydrogens is 551 g/mol. The number of aromatic nitrogens is 5. The van der Waals surface area contributed by atoms with Crippen LogP contribution in [0, 0.1) is 6.92 Å². The van der Waals surface area contributed by atoms with Gasteiger partial charge in [-0.05, 0) is 44.3 Å². The van der Waals surface area contributed by atoms with Crippen LogP contribution in [0.1, 0.15) is 27.2 Å². The molecule has 0 bridgehead atoms. The summed E-state index contributed by atoms with van der Waals surface area (Å²) < 4.78 is 49.7. The molecule has 0 atom stereocenters. The predicted molar refractivity (Wildman–Crippen MR) is 143 cm³/mol. The first-order chi connectivity index (χ1) is 18.9. The van der Waals surface area contributed by atoms with Crippen LogP contribution in [-0.2, 0) is 19.8 Å². The molecule has 0 saturated carbocycles. The van der Waals surface area contributed by atoms with E-state index in [4.69, 9.17) is 16.3 Å². The number of likely N-dealkylation sites (N-methyl/N-ethyl adjacent to an activating group) is 1. The molecule has 0 fully saturated rings. The molecule has 2 aromatic carbocycles. The number of aliphatic hydroxyl groups is 1. The van der Waals surface area contributed by atoms with Gasteiger partial charge in [0.15, 0.2) is 0 Å². The maximum absolute atomic E-state index is 13.7. The number of nitrogens with one attached hydrogen (secondary N) is 1. The summed E-state index contributed by atoms with van der Waals surface area (Å²) in [6.45, 7) is 2.00. The third kappa shape index (κ3) is 6.11. The molecular formula is C26H27ClF3N7O3. The van der Waals surface area contributed by atoms with Crippen LogP contribution in [0.4, 0.5) is 18.9 Å². The zero-order valence-electron chi connectivity index (χ0n) is 22.1. The van der Waals surface area contributed by atoms with Gasteiger partial charge in [-0.25, -0.2) is 4.68 Å². The van der Waals surface area contributed by atoms with Crippen molar-refractivity contribution in [3.8, 4) is 22.7 Å². The van der Waals surface area contributed by atoms with E-state index in [2.05, 4.69) is 20.7 Å². The topological polar surface area (TPSA) is 110 Å². The number of nitrogens with zero attached hydrogens (tertiary/aromatic N) is 6. The lowest BCUT2D eigenvalue weighted by atomic mass is 10.1. The number of hydrogen-bond donors (Lipinski definition) is 2. The Morgan fingerprint density at radius 1 is 1.25 bits per heavy atom. The van der Waals surface area contributed by atoms with Crippen LogP contribution >= 0.6 is 11.6 Å². The second-order valence-corrected chi connectivity index (χ2v) is 9.52. The molecule has 4 aromatic rings. The van der Waals surface area contributed by atoms with E-state index in [-0.39, 0.29) is 47.3 Å². The number of rotatable bonds is 9. The molecule has 0 aliphatic rings. The number of methoxy groups -OCH3 is 1. The van der Waals surface area contributed by atoms with Crippen molar-refractivity contribution in [2.45, 2.75) is 19.6 Å². The van der Waals surface area contributed by atoms with E-state index in [1.54, 1.807) is 36.1 Å². The lowest BCUT2D eigenvalue weighted by Crippen LogP contribution is -2.23. The first-order valence-electron chi connectivity index (χ1n) is 12.0. The van der Waals surface area contributed by atoms with Gasteiger partial charge in [0.25, 0.3) is 5.91 Å². The lowest BCUT2D eigenvalue weighted by molar-refractivity contribution is -0.137. The van der Waals surface area contributed by atoms with Crippen LogP contribution in [0.15, 0.2) is 42.7 Å². The summed E-state index contributed by atoms with van der Waals surface area (Å²) in [4.78, 5) is 14.9. The van der Waals surface area contributed by atoms with Crippen LogP contribution < -0.4 is 10.1 Å².